The van der Waals surface area contributed by atoms with Crippen LogP contribution in [0.5, 0.6) is 11.5 Å². The number of carbonyl (C=O) groups is 3. The number of anilines is 1. The monoisotopic (exact) mass is 508 g/mol. The SMILES string of the molecule is C=N/C=C\C=C(/C)C(=O)N=c1nc2c(OC)c(OCCNC(=O)[C@@H]3CCC(=O)O3)ccc2c2n1CCN2. The zero-order valence-corrected chi connectivity index (χ0v) is 20.7. The molecule has 0 spiro atoms. The molecule has 4 rings (SSSR count). The molecule has 12 heteroatoms. The number of aliphatic imine (C=N–C) groups is 1. The Morgan fingerprint density at radius 1 is 1.41 bits per heavy atom. The molecule has 12 nitrogen and oxygen atoms in total. The van der Waals surface area contributed by atoms with Gasteiger partial charge in [-0.2, -0.15) is 4.99 Å². The molecule has 1 saturated heterocycles. The highest BCUT2D eigenvalue weighted by molar-refractivity contribution is 5.96. The second-order valence-corrected chi connectivity index (χ2v) is 8.28. The quantitative estimate of drug-likeness (QED) is 0.169. The first-order valence-electron chi connectivity index (χ1n) is 11.8. The first-order chi connectivity index (χ1) is 17.9. The number of hydrogen-bond donors (Lipinski definition) is 2. The lowest BCUT2D eigenvalue weighted by Crippen LogP contribution is -2.36. The van der Waals surface area contributed by atoms with Gasteiger partial charge in [0, 0.05) is 43.1 Å². The van der Waals surface area contributed by atoms with Gasteiger partial charge in [-0.15, -0.1) is 0 Å². The maximum Gasteiger partial charge on any atom is 0.306 e. The number of ether oxygens (including phenoxy) is 3. The van der Waals surface area contributed by atoms with Gasteiger partial charge < -0.3 is 24.8 Å². The first-order valence-corrected chi connectivity index (χ1v) is 11.8. The van der Waals surface area contributed by atoms with E-state index in [4.69, 9.17) is 14.2 Å². The molecule has 2 N–H and O–H groups in total. The Kier molecular flexibility index (Phi) is 7.96. The van der Waals surface area contributed by atoms with E-state index in [0.29, 0.717) is 42.1 Å². The lowest BCUT2D eigenvalue weighted by Gasteiger charge is -2.15. The van der Waals surface area contributed by atoms with Gasteiger partial charge in [-0.1, -0.05) is 6.08 Å². The van der Waals surface area contributed by atoms with Crippen LogP contribution in [-0.2, 0) is 25.7 Å². The van der Waals surface area contributed by atoms with E-state index in [0.717, 1.165) is 11.2 Å². The minimum atomic E-state index is -0.753. The summed E-state index contributed by atoms with van der Waals surface area (Å²) in [5.41, 5.74) is 1.14. The van der Waals surface area contributed by atoms with Crippen molar-refractivity contribution < 1.29 is 28.6 Å². The van der Waals surface area contributed by atoms with Crippen LogP contribution in [0, 0.1) is 0 Å². The van der Waals surface area contributed by atoms with Crippen LogP contribution in [0.25, 0.3) is 10.9 Å². The van der Waals surface area contributed by atoms with E-state index in [-0.39, 0.29) is 37.1 Å². The van der Waals surface area contributed by atoms with Crippen LogP contribution in [0.1, 0.15) is 19.8 Å². The van der Waals surface area contributed by atoms with Crippen molar-refractivity contribution in [2.75, 3.05) is 32.1 Å². The average Bonchev–Trinajstić information content (AvgIpc) is 3.56. The standard InChI is InChI=1S/C25H28N6O6/c1-15(5-4-10-26-2)23(33)30-25-29-20-16(22-27-11-13-31(22)25)6-7-17(21(20)35-3)36-14-12-28-24(34)18-8-9-19(32)37-18/h4-7,10,18,27H,2,8-9,11-14H2,1,3H3,(H,28,34)/b10-4-,15-5+,30-25?/t18-/m0/s1. The van der Waals surface area contributed by atoms with E-state index >= 15 is 0 Å². The van der Waals surface area contributed by atoms with Crippen LogP contribution >= 0.6 is 0 Å². The first kappa shape index (κ1) is 25.6. The molecule has 2 aliphatic heterocycles. The van der Waals surface area contributed by atoms with Crippen LogP contribution < -0.4 is 25.7 Å². The Morgan fingerprint density at radius 3 is 2.97 bits per heavy atom. The molecule has 2 aromatic rings. The number of benzene rings is 1. The van der Waals surface area contributed by atoms with E-state index in [1.54, 1.807) is 25.1 Å². The van der Waals surface area contributed by atoms with Crippen LogP contribution in [0.3, 0.4) is 0 Å². The van der Waals surface area contributed by atoms with Crippen molar-refractivity contribution in [3.05, 3.63) is 41.7 Å². The summed E-state index contributed by atoms with van der Waals surface area (Å²) in [7, 11) is 1.50. The smallest absolute Gasteiger partial charge is 0.306 e. The van der Waals surface area contributed by atoms with Crippen molar-refractivity contribution in [2.24, 2.45) is 9.98 Å². The Hall–Kier alpha value is -4.48. The molecule has 1 fully saturated rings. The normalized spacial score (nSPS) is 17.5. The number of nitrogens with one attached hydrogen (secondary N) is 2. The highest BCUT2D eigenvalue weighted by Crippen LogP contribution is 2.37. The van der Waals surface area contributed by atoms with Crippen LogP contribution in [0.2, 0.25) is 0 Å². The zero-order chi connectivity index (χ0) is 26.4. The predicted octanol–water partition coefficient (Wildman–Crippen LogP) is 1.26. The molecule has 0 bridgehead atoms. The number of fused-ring (bicyclic) bond motifs is 3. The Morgan fingerprint density at radius 2 is 2.24 bits per heavy atom. The third-order valence-corrected chi connectivity index (χ3v) is 5.82. The fraction of sp³-hybridized carbons (Fsp3) is 0.360. The lowest BCUT2D eigenvalue weighted by molar-refractivity contribution is -0.148. The third kappa shape index (κ3) is 5.68. The van der Waals surface area contributed by atoms with E-state index < -0.39 is 12.0 Å². The number of amides is 2. The summed E-state index contributed by atoms with van der Waals surface area (Å²) >= 11 is 0. The number of nitrogens with zero attached hydrogens (tertiary/aromatic N) is 4. The maximum absolute atomic E-state index is 12.7. The Balaban J connectivity index is 1.58. The van der Waals surface area contributed by atoms with Gasteiger partial charge in [0.05, 0.1) is 13.7 Å². The molecule has 1 aromatic heterocycles. The molecule has 194 valence electrons. The molecule has 2 aliphatic rings. The van der Waals surface area contributed by atoms with Crippen LogP contribution in [-0.4, -0.2) is 67.0 Å². The lowest BCUT2D eigenvalue weighted by atomic mass is 10.2. The summed E-state index contributed by atoms with van der Waals surface area (Å²) in [6.07, 6.45) is 4.55. The third-order valence-electron chi connectivity index (χ3n) is 5.82. The molecular formula is C25H28N6O6. The molecular weight excluding hydrogens is 480 g/mol. The molecule has 0 radical (unpaired) electrons. The van der Waals surface area contributed by atoms with Crippen molar-refractivity contribution in [3.8, 4) is 11.5 Å². The summed E-state index contributed by atoms with van der Waals surface area (Å²) in [6, 6.07) is 3.61. The number of carbonyl (C=O) groups excluding carboxylic acids is 3. The van der Waals surface area contributed by atoms with Gasteiger partial charge in [0.2, 0.25) is 5.62 Å². The van der Waals surface area contributed by atoms with E-state index in [1.165, 1.54) is 13.3 Å². The maximum atomic E-state index is 12.7. The van der Waals surface area contributed by atoms with Crippen molar-refractivity contribution in [3.63, 3.8) is 0 Å². The molecule has 37 heavy (non-hydrogen) atoms. The van der Waals surface area contributed by atoms with Gasteiger partial charge in [-0.05, 0) is 31.9 Å². The number of rotatable bonds is 9. The molecule has 3 heterocycles. The molecule has 0 aliphatic carbocycles. The Bertz CT molecular complexity index is 1380. The summed E-state index contributed by atoms with van der Waals surface area (Å²) < 4.78 is 18.3. The topological polar surface area (TPSA) is 146 Å². The van der Waals surface area contributed by atoms with Gasteiger partial charge in [0.15, 0.2) is 17.6 Å². The Labute approximate surface area is 212 Å². The summed E-state index contributed by atoms with van der Waals surface area (Å²) in [5.74, 6) is 0.417. The second-order valence-electron chi connectivity index (χ2n) is 8.28. The second kappa shape index (κ2) is 11.5. The number of esters is 1. The van der Waals surface area contributed by atoms with Crippen molar-refractivity contribution in [1.29, 1.82) is 0 Å². The summed E-state index contributed by atoms with van der Waals surface area (Å²) in [6.45, 7) is 6.64. The minimum absolute atomic E-state index is 0.152. The van der Waals surface area contributed by atoms with E-state index in [2.05, 4.69) is 32.3 Å². The summed E-state index contributed by atoms with van der Waals surface area (Å²) in [4.78, 5) is 48.5. The van der Waals surface area contributed by atoms with Gasteiger partial charge in [0.1, 0.15) is 17.9 Å². The largest absolute Gasteiger partial charge is 0.491 e. The number of methoxy groups -OCH3 is 1. The predicted molar refractivity (Wildman–Crippen MR) is 135 cm³/mol. The van der Waals surface area contributed by atoms with Crippen molar-refractivity contribution in [2.45, 2.75) is 32.4 Å². The molecule has 1 atom stereocenters. The van der Waals surface area contributed by atoms with Crippen molar-refractivity contribution >= 4 is 41.2 Å². The highest BCUT2D eigenvalue weighted by Gasteiger charge is 2.29. The molecule has 2 amide bonds. The number of aromatic nitrogens is 2. The molecule has 1 aromatic carbocycles. The van der Waals surface area contributed by atoms with E-state index in [9.17, 15) is 14.4 Å². The average molecular weight is 509 g/mol. The number of allylic oxidation sites excluding steroid dienone is 2. The minimum Gasteiger partial charge on any atom is -0.491 e. The van der Waals surface area contributed by atoms with Crippen LogP contribution in [0.4, 0.5) is 5.82 Å². The van der Waals surface area contributed by atoms with Gasteiger partial charge >= 0.3 is 5.97 Å². The van der Waals surface area contributed by atoms with E-state index in [1.807, 2.05) is 10.6 Å². The van der Waals surface area contributed by atoms with Crippen LogP contribution in [0.15, 0.2) is 46.0 Å². The van der Waals surface area contributed by atoms with Gasteiger partial charge in [0.25, 0.3) is 11.8 Å². The number of hydrogen-bond acceptors (Lipinski definition) is 9. The molecule has 0 unspecified atom stereocenters. The fourth-order valence-corrected chi connectivity index (χ4v) is 4.00. The van der Waals surface area contributed by atoms with Gasteiger partial charge in [-0.3, -0.25) is 23.9 Å². The summed E-state index contributed by atoms with van der Waals surface area (Å²) in [5, 5.41) is 6.81. The zero-order valence-electron chi connectivity index (χ0n) is 20.7. The van der Waals surface area contributed by atoms with Crippen molar-refractivity contribution in [1.82, 2.24) is 14.9 Å². The number of cyclic esters (lactones) is 1. The highest BCUT2D eigenvalue weighted by atomic mass is 16.6. The van der Waals surface area contributed by atoms with Gasteiger partial charge in [-0.25, -0.2) is 4.98 Å². The fourth-order valence-electron chi connectivity index (χ4n) is 4.00. The molecule has 0 saturated carbocycles.